The zero-order valence-corrected chi connectivity index (χ0v) is 19.0. The second kappa shape index (κ2) is 15.3. The van der Waals surface area contributed by atoms with Crippen LogP contribution in [0.3, 0.4) is 0 Å². The fourth-order valence-corrected chi connectivity index (χ4v) is 3.13. The van der Waals surface area contributed by atoms with E-state index in [-0.39, 0.29) is 5.97 Å². The lowest BCUT2D eigenvalue weighted by Gasteiger charge is -2.06. The molecule has 1 aromatic heterocycles. The molecule has 1 aromatic carbocycles. The SMILES string of the molecule is CCC=CCCCC(=O)Oc1cnc(-c2ccc(CCCCCOCCC)cc2)nc1. The molecule has 0 spiro atoms. The molecule has 5 heteroatoms. The van der Waals surface area contributed by atoms with Crippen molar-refractivity contribution in [2.45, 2.75) is 71.6 Å². The summed E-state index contributed by atoms with van der Waals surface area (Å²) in [4.78, 5) is 20.6. The fraction of sp³-hybridized carbons (Fsp3) is 0.500. The van der Waals surface area contributed by atoms with Gasteiger partial charge in [0.1, 0.15) is 0 Å². The van der Waals surface area contributed by atoms with E-state index >= 15 is 0 Å². The Balaban J connectivity index is 1.73. The molecule has 0 N–H and O–H groups in total. The van der Waals surface area contributed by atoms with Gasteiger partial charge >= 0.3 is 5.97 Å². The van der Waals surface area contributed by atoms with Gasteiger partial charge in [-0.3, -0.25) is 4.79 Å². The Morgan fingerprint density at radius 1 is 0.935 bits per heavy atom. The Morgan fingerprint density at radius 2 is 1.71 bits per heavy atom. The molecule has 0 aliphatic carbocycles. The summed E-state index contributed by atoms with van der Waals surface area (Å²) in [5.74, 6) is 0.768. The molecule has 0 fully saturated rings. The van der Waals surface area contributed by atoms with E-state index in [0.717, 1.165) is 57.3 Å². The summed E-state index contributed by atoms with van der Waals surface area (Å²) < 4.78 is 10.8. The van der Waals surface area contributed by atoms with E-state index in [2.05, 4.69) is 48.1 Å². The predicted octanol–water partition coefficient (Wildman–Crippen LogP) is 6.32. The number of aryl methyl sites for hydroxylation is 1. The first-order valence-corrected chi connectivity index (χ1v) is 11.6. The van der Waals surface area contributed by atoms with Gasteiger partial charge in [-0.25, -0.2) is 9.97 Å². The number of esters is 1. The Hall–Kier alpha value is -2.53. The molecule has 168 valence electrons. The van der Waals surface area contributed by atoms with E-state index in [4.69, 9.17) is 9.47 Å². The van der Waals surface area contributed by atoms with Crippen LogP contribution in [0.2, 0.25) is 0 Å². The van der Waals surface area contributed by atoms with E-state index in [9.17, 15) is 4.79 Å². The Labute approximate surface area is 186 Å². The van der Waals surface area contributed by atoms with E-state index in [1.165, 1.54) is 18.4 Å². The minimum atomic E-state index is -0.248. The first kappa shape index (κ1) is 24.7. The quantitative estimate of drug-likeness (QED) is 0.190. The van der Waals surface area contributed by atoms with Crippen LogP contribution in [0.1, 0.15) is 70.8 Å². The minimum Gasteiger partial charge on any atom is -0.423 e. The van der Waals surface area contributed by atoms with Crippen molar-refractivity contribution in [2.75, 3.05) is 13.2 Å². The first-order valence-electron chi connectivity index (χ1n) is 11.6. The topological polar surface area (TPSA) is 61.3 Å². The molecule has 2 aromatic rings. The fourth-order valence-electron chi connectivity index (χ4n) is 3.13. The van der Waals surface area contributed by atoms with Crippen LogP contribution in [0.4, 0.5) is 0 Å². The number of carbonyl (C=O) groups is 1. The van der Waals surface area contributed by atoms with Crippen molar-refractivity contribution in [3.63, 3.8) is 0 Å². The summed E-state index contributed by atoms with van der Waals surface area (Å²) >= 11 is 0. The molecule has 1 heterocycles. The standard InChI is InChI=1S/C26H36N2O3/c1-3-5-6-7-10-13-25(29)31-24-20-27-26(28-21-24)23-16-14-22(15-17-23)12-9-8-11-19-30-18-4-2/h5-6,14-17,20-21H,3-4,7-13,18-19H2,1-2H3. The predicted molar refractivity (Wildman–Crippen MR) is 125 cm³/mol. The molecule has 0 saturated heterocycles. The van der Waals surface area contributed by atoms with Gasteiger partial charge in [0.15, 0.2) is 11.6 Å². The molecule has 5 nitrogen and oxygen atoms in total. The van der Waals surface area contributed by atoms with Gasteiger partial charge < -0.3 is 9.47 Å². The second-order valence-electron chi connectivity index (χ2n) is 7.61. The highest BCUT2D eigenvalue weighted by atomic mass is 16.5. The number of hydrogen-bond acceptors (Lipinski definition) is 5. The molecule has 0 aliphatic rings. The van der Waals surface area contributed by atoms with E-state index in [0.29, 0.717) is 18.0 Å². The third kappa shape index (κ3) is 10.4. The molecular formula is C26H36N2O3. The van der Waals surface area contributed by atoms with Crippen molar-refractivity contribution in [3.05, 3.63) is 54.4 Å². The van der Waals surface area contributed by atoms with Gasteiger partial charge in [0.2, 0.25) is 0 Å². The van der Waals surface area contributed by atoms with Crippen LogP contribution in [0, 0.1) is 0 Å². The van der Waals surface area contributed by atoms with Crippen LogP contribution < -0.4 is 4.74 Å². The van der Waals surface area contributed by atoms with Gasteiger partial charge in [0, 0.05) is 25.2 Å². The van der Waals surface area contributed by atoms with Crippen LogP contribution in [0.25, 0.3) is 11.4 Å². The third-order valence-corrected chi connectivity index (χ3v) is 4.83. The lowest BCUT2D eigenvalue weighted by molar-refractivity contribution is -0.134. The Bertz CT molecular complexity index is 770. The van der Waals surface area contributed by atoms with Crippen molar-refractivity contribution in [1.82, 2.24) is 9.97 Å². The highest BCUT2D eigenvalue weighted by Crippen LogP contribution is 2.19. The molecule has 0 bridgehead atoms. The molecular weight excluding hydrogens is 388 g/mol. The normalized spacial score (nSPS) is 11.2. The summed E-state index contributed by atoms with van der Waals surface area (Å²) in [7, 11) is 0. The van der Waals surface area contributed by atoms with Gasteiger partial charge in [-0.05, 0) is 50.5 Å². The molecule has 0 amide bonds. The average Bonchev–Trinajstić information content (AvgIpc) is 2.79. The number of allylic oxidation sites excluding steroid dienone is 2. The summed E-state index contributed by atoms with van der Waals surface area (Å²) in [5, 5.41) is 0. The molecule has 0 aliphatic heterocycles. The second-order valence-corrected chi connectivity index (χ2v) is 7.61. The maximum atomic E-state index is 11.9. The molecule has 0 saturated carbocycles. The lowest BCUT2D eigenvalue weighted by atomic mass is 10.0. The van der Waals surface area contributed by atoms with Gasteiger partial charge in [-0.1, -0.05) is 56.7 Å². The van der Waals surface area contributed by atoms with Crippen LogP contribution in [0.5, 0.6) is 5.75 Å². The average molecular weight is 425 g/mol. The summed E-state index contributed by atoms with van der Waals surface area (Å²) in [5.41, 5.74) is 2.27. The maximum absolute atomic E-state index is 11.9. The van der Waals surface area contributed by atoms with E-state index in [1.54, 1.807) is 12.4 Å². The van der Waals surface area contributed by atoms with Gasteiger partial charge in [-0.15, -0.1) is 0 Å². The zero-order valence-electron chi connectivity index (χ0n) is 19.0. The number of benzene rings is 1. The highest BCUT2D eigenvalue weighted by molar-refractivity contribution is 5.72. The van der Waals surface area contributed by atoms with E-state index in [1.807, 2.05) is 12.1 Å². The number of rotatable bonds is 15. The molecule has 31 heavy (non-hydrogen) atoms. The molecule has 0 atom stereocenters. The number of nitrogens with zero attached hydrogens (tertiary/aromatic N) is 2. The highest BCUT2D eigenvalue weighted by Gasteiger charge is 2.07. The Morgan fingerprint density at radius 3 is 2.42 bits per heavy atom. The van der Waals surface area contributed by atoms with Gasteiger partial charge in [0.05, 0.1) is 12.4 Å². The number of hydrogen-bond donors (Lipinski definition) is 0. The lowest BCUT2D eigenvalue weighted by Crippen LogP contribution is -2.08. The summed E-state index contributed by atoms with van der Waals surface area (Å²) in [6.07, 6.45) is 16.0. The van der Waals surface area contributed by atoms with Crippen LogP contribution >= 0.6 is 0 Å². The van der Waals surface area contributed by atoms with Crippen molar-refractivity contribution in [2.24, 2.45) is 0 Å². The van der Waals surface area contributed by atoms with Crippen molar-refractivity contribution >= 4 is 5.97 Å². The summed E-state index contributed by atoms with van der Waals surface area (Å²) in [6, 6.07) is 8.36. The third-order valence-electron chi connectivity index (χ3n) is 4.83. The van der Waals surface area contributed by atoms with Crippen molar-refractivity contribution < 1.29 is 14.3 Å². The summed E-state index contributed by atoms with van der Waals surface area (Å²) in [6.45, 7) is 5.96. The minimum absolute atomic E-state index is 0.248. The Kier molecular flexibility index (Phi) is 12.2. The number of aromatic nitrogens is 2. The van der Waals surface area contributed by atoms with Crippen LogP contribution in [-0.2, 0) is 16.0 Å². The smallest absolute Gasteiger partial charge is 0.311 e. The van der Waals surface area contributed by atoms with Gasteiger partial charge in [-0.2, -0.15) is 0 Å². The van der Waals surface area contributed by atoms with Crippen molar-refractivity contribution in [3.8, 4) is 17.1 Å². The number of unbranched alkanes of at least 4 members (excludes halogenated alkanes) is 3. The van der Waals surface area contributed by atoms with E-state index < -0.39 is 0 Å². The largest absolute Gasteiger partial charge is 0.423 e. The number of carbonyl (C=O) groups excluding carboxylic acids is 1. The maximum Gasteiger partial charge on any atom is 0.311 e. The van der Waals surface area contributed by atoms with Crippen LogP contribution in [-0.4, -0.2) is 29.2 Å². The molecule has 0 unspecified atom stereocenters. The van der Waals surface area contributed by atoms with Crippen molar-refractivity contribution in [1.29, 1.82) is 0 Å². The van der Waals surface area contributed by atoms with Crippen LogP contribution in [0.15, 0.2) is 48.8 Å². The first-order chi connectivity index (χ1) is 15.2. The molecule has 0 radical (unpaired) electrons. The molecule has 2 rings (SSSR count). The monoisotopic (exact) mass is 424 g/mol. The zero-order chi connectivity index (χ0) is 22.2. The number of ether oxygens (including phenoxy) is 2. The van der Waals surface area contributed by atoms with Gasteiger partial charge in [0.25, 0.3) is 0 Å².